The van der Waals surface area contributed by atoms with Crippen LogP contribution in [-0.2, 0) is 11.3 Å². The number of piperidine rings is 1. The minimum atomic E-state index is -0.468. The van der Waals surface area contributed by atoms with Crippen LogP contribution in [0, 0.1) is 10.1 Å². The fourth-order valence-electron chi connectivity index (χ4n) is 2.46. The average Bonchev–Trinajstić information content (AvgIpc) is 2.49. The highest BCUT2D eigenvalue weighted by atomic mass is 35.5. The Hall–Kier alpha value is -1.37. The van der Waals surface area contributed by atoms with E-state index < -0.39 is 4.92 Å². The first-order valence-electron chi connectivity index (χ1n) is 6.90. The minimum absolute atomic E-state index is 0. The number of nitro groups is 1. The van der Waals surface area contributed by atoms with Crippen LogP contribution < -0.4 is 5.32 Å². The number of hydrogen-bond donors (Lipinski definition) is 1. The molecule has 22 heavy (non-hydrogen) atoms. The van der Waals surface area contributed by atoms with Gasteiger partial charge in [0.15, 0.2) is 0 Å². The molecule has 1 aromatic rings. The molecular formula is C14H19Cl2N3O3. The van der Waals surface area contributed by atoms with Crippen LogP contribution in [-0.4, -0.2) is 35.4 Å². The van der Waals surface area contributed by atoms with Gasteiger partial charge in [-0.3, -0.25) is 14.9 Å². The Bertz CT molecular complexity index is 548. The average molecular weight is 348 g/mol. The maximum atomic E-state index is 12.3. The summed E-state index contributed by atoms with van der Waals surface area (Å²) in [5.74, 6) is -0.00253. The van der Waals surface area contributed by atoms with Gasteiger partial charge in [-0.1, -0.05) is 18.0 Å². The van der Waals surface area contributed by atoms with Gasteiger partial charge in [0.05, 0.1) is 11.0 Å². The molecule has 1 unspecified atom stereocenters. The third-order valence-electron chi connectivity index (χ3n) is 3.63. The molecule has 0 saturated carbocycles. The van der Waals surface area contributed by atoms with Gasteiger partial charge in [0.2, 0.25) is 5.91 Å². The third kappa shape index (κ3) is 4.56. The highest BCUT2D eigenvalue weighted by Crippen LogP contribution is 2.23. The molecule has 0 aromatic heterocycles. The molecule has 1 heterocycles. The van der Waals surface area contributed by atoms with Crippen molar-refractivity contribution in [3.63, 3.8) is 0 Å². The van der Waals surface area contributed by atoms with Crippen LogP contribution in [0.25, 0.3) is 0 Å². The predicted molar refractivity (Wildman–Crippen MR) is 87.5 cm³/mol. The lowest BCUT2D eigenvalue weighted by molar-refractivity contribution is -0.384. The summed E-state index contributed by atoms with van der Waals surface area (Å²) in [5, 5.41) is 14.4. The van der Waals surface area contributed by atoms with Crippen molar-refractivity contribution in [1.29, 1.82) is 0 Å². The lowest BCUT2D eigenvalue weighted by Crippen LogP contribution is -2.47. The summed E-state index contributed by atoms with van der Waals surface area (Å²) in [6.07, 6.45) is 2.95. The predicted octanol–water partition coefficient (Wildman–Crippen LogP) is 2.77. The fourth-order valence-corrected chi connectivity index (χ4v) is 2.64. The van der Waals surface area contributed by atoms with E-state index in [-0.39, 0.29) is 36.6 Å². The fraction of sp³-hybridized carbons (Fsp3) is 0.500. The number of likely N-dealkylation sites (N-methyl/N-ethyl adjacent to an activating group) is 1. The molecule has 1 amide bonds. The Balaban J connectivity index is 0.00000242. The number of nitrogens with zero attached hydrogens (tertiary/aromatic N) is 2. The van der Waals surface area contributed by atoms with Crippen molar-refractivity contribution in [2.75, 3.05) is 13.6 Å². The molecule has 1 aromatic carbocycles. The number of carbonyl (C=O) groups excluding carboxylic acids is 1. The van der Waals surface area contributed by atoms with Crippen LogP contribution in [0.1, 0.15) is 24.8 Å². The summed E-state index contributed by atoms with van der Waals surface area (Å²) in [6, 6.07) is 4.10. The number of rotatable bonds is 4. The number of carbonyl (C=O) groups is 1. The summed E-state index contributed by atoms with van der Waals surface area (Å²) in [5.41, 5.74) is 0.559. The number of non-ortho nitro benzene ring substituents is 1. The summed E-state index contributed by atoms with van der Waals surface area (Å²) in [7, 11) is 1.69. The third-order valence-corrected chi connectivity index (χ3v) is 4.00. The Morgan fingerprint density at radius 1 is 1.50 bits per heavy atom. The maximum absolute atomic E-state index is 12.3. The van der Waals surface area contributed by atoms with E-state index in [0.717, 1.165) is 25.8 Å². The second kappa shape index (κ2) is 8.31. The second-order valence-electron chi connectivity index (χ2n) is 5.23. The van der Waals surface area contributed by atoms with E-state index in [0.29, 0.717) is 10.6 Å². The molecule has 1 atom stereocenters. The Kier molecular flexibility index (Phi) is 7.06. The quantitative estimate of drug-likeness (QED) is 0.671. The van der Waals surface area contributed by atoms with Gasteiger partial charge in [0.25, 0.3) is 5.69 Å². The van der Waals surface area contributed by atoms with Crippen molar-refractivity contribution in [3.8, 4) is 0 Å². The molecule has 0 radical (unpaired) electrons. The summed E-state index contributed by atoms with van der Waals surface area (Å²) in [4.78, 5) is 24.2. The van der Waals surface area contributed by atoms with Gasteiger partial charge in [-0.05, 0) is 31.0 Å². The van der Waals surface area contributed by atoms with Gasteiger partial charge >= 0.3 is 0 Å². The Morgan fingerprint density at radius 3 is 2.82 bits per heavy atom. The van der Waals surface area contributed by atoms with Gasteiger partial charge < -0.3 is 10.2 Å². The molecule has 122 valence electrons. The molecule has 1 aliphatic rings. The first kappa shape index (κ1) is 18.7. The van der Waals surface area contributed by atoms with Crippen molar-refractivity contribution in [2.45, 2.75) is 31.8 Å². The number of nitro benzene ring substituents is 1. The monoisotopic (exact) mass is 347 g/mol. The molecule has 2 rings (SSSR count). The normalized spacial score (nSPS) is 17.5. The zero-order valence-corrected chi connectivity index (χ0v) is 13.8. The molecule has 1 saturated heterocycles. The molecule has 0 bridgehead atoms. The van der Waals surface area contributed by atoms with E-state index in [2.05, 4.69) is 5.32 Å². The summed E-state index contributed by atoms with van der Waals surface area (Å²) in [6.45, 7) is 1.11. The highest BCUT2D eigenvalue weighted by molar-refractivity contribution is 6.31. The van der Waals surface area contributed by atoms with Crippen molar-refractivity contribution >= 4 is 35.6 Å². The first-order valence-corrected chi connectivity index (χ1v) is 7.28. The van der Waals surface area contributed by atoms with Gasteiger partial charge in [-0.15, -0.1) is 12.4 Å². The van der Waals surface area contributed by atoms with E-state index >= 15 is 0 Å². The van der Waals surface area contributed by atoms with Gasteiger partial charge in [-0.25, -0.2) is 0 Å². The van der Waals surface area contributed by atoms with Gasteiger partial charge in [0.1, 0.15) is 0 Å². The van der Waals surface area contributed by atoms with Crippen LogP contribution in [0.3, 0.4) is 0 Å². The number of nitrogens with one attached hydrogen (secondary N) is 1. The van der Waals surface area contributed by atoms with E-state index in [1.54, 1.807) is 11.9 Å². The Labute approximate surface area is 140 Å². The smallest absolute Gasteiger partial charge is 0.269 e. The van der Waals surface area contributed by atoms with Crippen molar-refractivity contribution < 1.29 is 9.72 Å². The molecule has 0 spiro atoms. The molecule has 1 fully saturated rings. The highest BCUT2D eigenvalue weighted by Gasteiger charge is 2.24. The summed E-state index contributed by atoms with van der Waals surface area (Å²) >= 11 is 6.06. The standard InChI is InChI=1S/C14H18ClN3O3.ClH/c1-17(14(19)13-4-2-3-7-16-13)9-10-8-11(18(20)21)5-6-12(10)15;/h5-6,8,13,16H,2-4,7,9H2,1H3;1H. The largest absolute Gasteiger partial charge is 0.340 e. The zero-order chi connectivity index (χ0) is 15.4. The molecular weight excluding hydrogens is 329 g/mol. The molecule has 8 heteroatoms. The SMILES string of the molecule is CN(Cc1cc([N+](=O)[O-])ccc1Cl)C(=O)C1CCCCN1.Cl. The van der Waals surface area contributed by atoms with Crippen molar-refractivity contribution in [3.05, 3.63) is 38.9 Å². The summed E-state index contributed by atoms with van der Waals surface area (Å²) < 4.78 is 0. The lowest BCUT2D eigenvalue weighted by Gasteiger charge is -2.27. The van der Waals surface area contributed by atoms with E-state index in [9.17, 15) is 14.9 Å². The number of halogens is 2. The zero-order valence-electron chi connectivity index (χ0n) is 12.3. The van der Waals surface area contributed by atoms with E-state index in [1.807, 2.05) is 0 Å². The molecule has 6 nitrogen and oxygen atoms in total. The topological polar surface area (TPSA) is 75.5 Å². The number of amides is 1. The van der Waals surface area contributed by atoms with E-state index in [4.69, 9.17) is 11.6 Å². The van der Waals surface area contributed by atoms with Crippen LogP contribution in [0.15, 0.2) is 18.2 Å². The number of hydrogen-bond acceptors (Lipinski definition) is 4. The first-order chi connectivity index (χ1) is 9.99. The van der Waals surface area contributed by atoms with E-state index in [1.165, 1.54) is 18.2 Å². The maximum Gasteiger partial charge on any atom is 0.269 e. The lowest BCUT2D eigenvalue weighted by atomic mass is 10.0. The minimum Gasteiger partial charge on any atom is -0.340 e. The molecule has 1 N–H and O–H groups in total. The molecule has 1 aliphatic heterocycles. The number of benzene rings is 1. The van der Waals surface area contributed by atoms with Crippen LogP contribution >= 0.6 is 24.0 Å². The van der Waals surface area contributed by atoms with Crippen molar-refractivity contribution in [1.82, 2.24) is 10.2 Å². The van der Waals surface area contributed by atoms with Gasteiger partial charge in [0, 0.05) is 30.7 Å². The van der Waals surface area contributed by atoms with Crippen LogP contribution in [0.2, 0.25) is 5.02 Å². The second-order valence-corrected chi connectivity index (χ2v) is 5.64. The molecule has 0 aliphatic carbocycles. The van der Waals surface area contributed by atoms with Crippen LogP contribution in [0.5, 0.6) is 0 Å². The van der Waals surface area contributed by atoms with Crippen molar-refractivity contribution in [2.24, 2.45) is 0 Å². The van der Waals surface area contributed by atoms with Gasteiger partial charge in [-0.2, -0.15) is 0 Å². The Morgan fingerprint density at radius 2 is 2.23 bits per heavy atom. The van der Waals surface area contributed by atoms with Crippen LogP contribution in [0.4, 0.5) is 5.69 Å².